The van der Waals surface area contributed by atoms with Crippen molar-refractivity contribution in [1.29, 1.82) is 0 Å². The van der Waals surface area contributed by atoms with E-state index in [0.29, 0.717) is 11.8 Å². The van der Waals surface area contributed by atoms with Gasteiger partial charge in [-0.25, -0.2) is 9.59 Å². The van der Waals surface area contributed by atoms with Crippen molar-refractivity contribution in [2.24, 2.45) is 11.8 Å². The van der Waals surface area contributed by atoms with E-state index in [4.69, 9.17) is 5.11 Å². The van der Waals surface area contributed by atoms with Gasteiger partial charge < -0.3 is 20.5 Å². The molecule has 0 aromatic rings. The maximum atomic E-state index is 11.9. The highest BCUT2D eigenvalue weighted by Gasteiger charge is 2.42. The summed E-state index contributed by atoms with van der Waals surface area (Å²) in [6.07, 6.45) is 4.09. The Morgan fingerprint density at radius 1 is 1.15 bits per heavy atom. The van der Waals surface area contributed by atoms with Gasteiger partial charge in [-0.15, -0.1) is 0 Å². The lowest BCUT2D eigenvalue weighted by Crippen LogP contribution is -2.50. The predicted molar refractivity (Wildman–Crippen MR) is 69.0 cm³/mol. The minimum Gasteiger partial charge on any atom is -0.480 e. The number of carbonyl (C=O) groups is 3. The Balaban J connectivity index is 1.83. The van der Waals surface area contributed by atoms with Crippen molar-refractivity contribution in [3.05, 3.63) is 0 Å². The van der Waals surface area contributed by atoms with Gasteiger partial charge in [0.05, 0.1) is 13.5 Å². The highest BCUT2D eigenvalue weighted by Crippen LogP contribution is 2.44. The molecule has 1 atom stereocenters. The number of rotatable bonds is 7. The van der Waals surface area contributed by atoms with Crippen LogP contribution in [0.15, 0.2) is 0 Å². The van der Waals surface area contributed by atoms with Crippen LogP contribution in [0.3, 0.4) is 0 Å². The fourth-order valence-corrected chi connectivity index (χ4v) is 2.33. The van der Waals surface area contributed by atoms with Crippen molar-refractivity contribution in [2.75, 3.05) is 7.11 Å². The van der Waals surface area contributed by atoms with Crippen molar-refractivity contribution in [1.82, 2.24) is 10.6 Å². The summed E-state index contributed by atoms with van der Waals surface area (Å²) in [6, 6.07) is -1.64. The third-order valence-corrected chi connectivity index (χ3v) is 3.76. The highest BCUT2D eigenvalue weighted by molar-refractivity contribution is 5.86. The number of methoxy groups -OCH3 is 1. The van der Waals surface area contributed by atoms with Gasteiger partial charge in [0.1, 0.15) is 6.04 Å². The first-order chi connectivity index (χ1) is 9.51. The normalized spacial score (nSPS) is 19.3. The van der Waals surface area contributed by atoms with Crippen molar-refractivity contribution in [3.63, 3.8) is 0 Å². The number of hydrogen-bond acceptors (Lipinski definition) is 4. The zero-order valence-corrected chi connectivity index (χ0v) is 11.4. The average molecular weight is 284 g/mol. The minimum atomic E-state index is -1.26. The van der Waals surface area contributed by atoms with Crippen LogP contribution in [-0.4, -0.2) is 42.3 Å². The average Bonchev–Trinajstić information content (AvgIpc) is 3.28. The summed E-state index contributed by atoms with van der Waals surface area (Å²) in [6.45, 7) is 0. The summed E-state index contributed by atoms with van der Waals surface area (Å²) in [5.41, 5.74) is 0. The molecule has 2 rings (SSSR count). The molecule has 2 fully saturated rings. The zero-order valence-electron chi connectivity index (χ0n) is 11.4. The van der Waals surface area contributed by atoms with Gasteiger partial charge in [0.15, 0.2) is 0 Å². The molecule has 0 spiro atoms. The second-order valence-corrected chi connectivity index (χ2v) is 5.49. The molecule has 0 aliphatic heterocycles. The maximum Gasteiger partial charge on any atom is 0.326 e. The van der Waals surface area contributed by atoms with E-state index < -0.39 is 24.0 Å². The molecule has 2 saturated carbocycles. The molecule has 0 bridgehead atoms. The maximum absolute atomic E-state index is 11.9. The van der Waals surface area contributed by atoms with E-state index in [0.717, 1.165) is 25.7 Å². The van der Waals surface area contributed by atoms with E-state index in [-0.39, 0.29) is 12.5 Å². The molecule has 0 unspecified atom stereocenters. The van der Waals surface area contributed by atoms with Crippen molar-refractivity contribution >= 4 is 18.0 Å². The Hall–Kier alpha value is -1.79. The number of carboxylic acid groups (broad SMARTS) is 1. The van der Waals surface area contributed by atoms with Crippen LogP contribution in [0.5, 0.6) is 0 Å². The lowest BCUT2D eigenvalue weighted by molar-refractivity contribution is -0.147. The molecule has 0 saturated heterocycles. The second kappa shape index (κ2) is 6.11. The van der Waals surface area contributed by atoms with Gasteiger partial charge in [0, 0.05) is 6.04 Å². The molecule has 20 heavy (non-hydrogen) atoms. The molecule has 7 nitrogen and oxygen atoms in total. The predicted octanol–water partition coefficient (Wildman–Crippen LogP) is 0.491. The summed E-state index contributed by atoms with van der Waals surface area (Å²) in [4.78, 5) is 34.0. The molecule has 0 aromatic carbocycles. The summed E-state index contributed by atoms with van der Waals surface area (Å²) < 4.78 is 4.42. The summed E-state index contributed by atoms with van der Waals surface area (Å²) in [5.74, 6) is -0.868. The van der Waals surface area contributed by atoms with Crippen LogP contribution in [-0.2, 0) is 14.3 Å². The highest BCUT2D eigenvalue weighted by atomic mass is 16.5. The monoisotopic (exact) mass is 284 g/mol. The fourth-order valence-electron chi connectivity index (χ4n) is 2.33. The number of aliphatic carboxylic acids is 1. The molecular weight excluding hydrogens is 264 g/mol. The van der Waals surface area contributed by atoms with Crippen LogP contribution in [0.25, 0.3) is 0 Å². The molecule has 7 heteroatoms. The Morgan fingerprint density at radius 2 is 1.70 bits per heavy atom. The molecule has 2 amide bonds. The first-order valence-corrected chi connectivity index (χ1v) is 6.88. The Labute approximate surface area is 117 Å². The van der Waals surface area contributed by atoms with E-state index in [1.807, 2.05) is 0 Å². The number of esters is 1. The largest absolute Gasteiger partial charge is 0.480 e. The number of carboxylic acids is 1. The second-order valence-electron chi connectivity index (χ2n) is 5.49. The van der Waals surface area contributed by atoms with Crippen LogP contribution in [0.1, 0.15) is 32.1 Å². The van der Waals surface area contributed by atoms with E-state index in [2.05, 4.69) is 15.4 Å². The standard InChI is InChI=1S/C13H20N2O5/c1-20-10(16)6-9(12(17)18)14-13(19)15-11(7-2-3-7)8-4-5-8/h7-9,11H,2-6H2,1H3,(H,17,18)(H2,14,15,19)/t9-/m0/s1. The molecule has 0 heterocycles. The first-order valence-electron chi connectivity index (χ1n) is 6.88. The fraction of sp³-hybridized carbons (Fsp3) is 0.769. The van der Waals surface area contributed by atoms with Crippen LogP contribution in [0, 0.1) is 11.8 Å². The lowest BCUT2D eigenvalue weighted by atomic mass is 10.1. The summed E-state index contributed by atoms with van der Waals surface area (Å²) in [7, 11) is 1.18. The van der Waals surface area contributed by atoms with Crippen molar-refractivity contribution in [3.8, 4) is 0 Å². The van der Waals surface area contributed by atoms with E-state index in [1.54, 1.807) is 0 Å². The van der Waals surface area contributed by atoms with Gasteiger partial charge >= 0.3 is 18.0 Å². The minimum absolute atomic E-state index is 0.141. The van der Waals surface area contributed by atoms with E-state index in [9.17, 15) is 14.4 Å². The van der Waals surface area contributed by atoms with Gasteiger partial charge in [-0.2, -0.15) is 0 Å². The van der Waals surface area contributed by atoms with Crippen molar-refractivity contribution in [2.45, 2.75) is 44.2 Å². The Morgan fingerprint density at radius 3 is 2.10 bits per heavy atom. The molecular formula is C13H20N2O5. The van der Waals surface area contributed by atoms with E-state index in [1.165, 1.54) is 7.11 Å². The quantitative estimate of drug-likeness (QED) is 0.590. The molecule has 112 valence electrons. The number of nitrogens with one attached hydrogen (secondary N) is 2. The van der Waals surface area contributed by atoms with Gasteiger partial charge in [-0.05, 0) is 37.5 Å². The van der Waals surface area contributed by atoms with Crippen LogP contribution >= 0.6 is 0 Å². The number of hydrogen-bond donors (Lipinski definition) is 3. The molecule has 0 radical (unpaired) electrons. The SMILES string of the molecule is COC(=O)C[C@H](NC(=O)NC(C1CC1)C1CC1)C(=O)O. The van der Waals surface area contributed by atoms with Gasteiger partial charge in [0.25, 0.3) is 0 Å². The first kappa shape index (κ1) is 14.6. The Kier molecular flexibility index (Phi) is 4.46. The third-order valence-electron chi connectivity index (χ3n) is 3.76. The number of carbonyl (C=O) groups excluding carboxylic acids is 2. The van der Waals surface area contributed by atoms with E-state index >= 15 is 0 Å². The van der Waals surface area contributed by atoms with Crippen LogP contribution < -0.4 is 10.6 Å². The van der Waals surface area contributed by atoms with Gasteiger partial charge in [0.2, 0.25) is 0 Å². The van der Waals surface area contributed by atoms with Crippen molar-refractivity contribution < 1.29 is 24.2 Å². The number of urea groups is 1. The van der Waals surface area contributed by atoms with Gasteiger partial charge in [-0.3, -0.25) is 4.79 Å². The topological polar surface area (TPSA) is 105 Å². The third kappa shape index (κ3) is 4.11. The lowest BCUT2D eigenvalue weighted by Gasteiger charge is -2.20. The molecule has 2 aliphatic rings. The number of ether oxygens (including phenoxy) is 1. The van der Waals surface area contributed by atoms with Gasteiger partial charge in [-0.1, -0.05) is 0 Å². The summed E-state index contributed by atoms with van der Waals surface area (Å²) in [5, 5.41) is 14.2. The zero-order chi connectivity index (χ0) is 14.7. The van der Waals surface area contributed by atoms with Crippen LogP contribution in [0.2, 0.25) is 0 Å². The summed E-state index contributed by atoms with van der Waals surface area (Å²) >= 11 is 0. The number of amides is 2. The molecule has 3 N–H and O–H groups in total. The molecule has 0 aromatic heterocycles. The Bertz CT molecular complexity index is 392. The smallest absolute Gasteiger partial charge is 0.326 e. The van der Waals surface area contributed by atoms with Crippen LogP contribution in [0.4, 0.5) is 4.79 Å². The molecule has 2 aliphatic carbocycles.